The lowest BCUT2D eigenvalue weighted by Crippen LogP contribution is -2.42. The van der Waals surface area contributed by atoms with Gasteiger partial charge in [-0.2, -0.15) is 4.98 Å². The lowest BCUT2D eigenvalue weighted by atomic mass is 9.78. The third-order valence-corrected chi connectivity index (χ3v) is 5.35. The van der Waals surface area contributed by atoms with Crippen LogP contribution in [-0.4, -0.2) is 22.6 Å². The van der Waals surface area contributed by atoms with Gasteiger partial charge < -0.3 is 10.2 Å². The van der Waals surface area contributed by atoms with Crippen molar-refractivity contribution in [3.63, 3.8) is 0 Å². The van der Waals surface area contributed by atoms with Crippen LogP contribution in [0.2, 0.25) is 0 Å². The Morgan fingerprint density at radius 3 is 2.75 bits per heavy atom. The molecule has 0 bridgehead atoms. The van der Waals surface area contributed by atoms with Crippen molar-refractivity contribution in [1.29, 1.82) is 0 Å². The van der Waals surface area contributed by atoms with Crippen molar-refractivity contribution in [2.24, 2.45) is 0 Å². The Balaban J connectivity index is 1.58. The highest BCUT2D eigenvalue weighted by Gasteiger charge is 2.32. The summed E-state index contributed by atoms with van der Waals surface area (Å²) in [5, 5.41) is 3.51. The molecular formula is C20H26N4. The fourth-order valence-electron chi connectivity index (χ4n) is 4.15. The zero-order valence-corrected chi connectivity index (χ0v) is 14.6. The first-order valence-electron chi connectivity index (χ1n) is 9.05. The smallest absolute Gasteiger partial charge is 0.224 e. The van der Waals surface area contributed by atoms with E-state index in [-0.39, 0.29) is 5.41 Å². The molecule has 0 radical (unpaired) electrons. The minimum absolute atomic E-state index is 0.124. The molecule has 4 rings (SSSR count). The van der Waals surface area contributed by atoms with Gasteiger partial charge in [0.05, 0.1) is 0 Å². The quantitative estimate of drug-likeness (QED) is 0.922. The Hall–Kier alpha value is -2.10. The molecule has 1 aromatic heterocycles. The molecular weight excluding hydrogens is 296 g/mol. The molecule has 2 aromatic rings. The first kappa shape index (κ1) is 15.4. The molecule has 2 heterocycles. The highest BCUT2D eigenvalue weighted by atomic mass is 15.2. The molecule has 1 N–H and O–H groups in total. The molecule has 0 amide bonds. The van der Waals surface area contributed by atoms with Crippen molar-refractivity contribution in [3.8, 4) is 0 Å². The van der Waals surface area contributed by atoms with Gasteiger partial charge in [-0.25, -0.2) is 4.98 Å². The zero-order chi connectivity index (χ0) is 16.6. The van der Waals surface area contributed by atoms with Gasteiger partial charge in [0.15, 0.2) is 0 Å². The minimum Gasteiger partial charge on any atom is -0.351 e. The molecule has 0 spiro atoms. The fraction of sp³-hybridized carbons (Fsp3) is 0.500. The van der Waals surface area contributed by atoms with Gasteiger partial charge in [-0.3, -0.25) is 0 Å². The van der Waals surface area contributed by atoms with Crippen molar-refractivity contribution in [1.82, 2.24) is 9.97 Å². The summed E-state index contributed by atoms with van der Waals surface area (Å²) in [5.41, 5.74) is 2.98. The summed E-state index contributed by atoms with van der Waals surface area (Å²) in [7, 11) is 0. The van der Waals surface area contributed by atoms with E-state index in [9.17, 15) is 0 Å². The second-order valence-electron chi connectivity index (χ2n) is 7.76. The number of benzene rings is 1. The van der Waals surface area contributed by atoms with E-state index in [0.29, 0.717) is 6.04 Å². The topological polar surface area (TPSA) is 41.1 Å². The van der Waals surface area contributed by atoms with Crippen LogP contribution >= 0.6 is 0 Å². The third-order valence-electron chi connectivity index (χ3n) is 5.35. The number of hydrogen-bond acceptors (Lipinski definition) is 4. The average molecular weight is 322 g/mol. The number of aromatic nitrogens is 2. The van der Waals surface area contributed by atoms with Crippen LogP contribution in [0.4, 0.5) is 11.8 Å². The van der Waals surface area contributed by atoms with Crippen LogP contribution in [0.15, 0.2) is 36.5 Å². The second-order valence-corrected chi connectivity index (χ2v) is 7.76. The van der Waals surface area contributed by atoms with Crippen LogP contribution in [-0.2, 0) is 12.0 Å². The first-order chi connectivity index (χ1) is 11.6. The summed E-state index contributed by atoms with van der Waals surface area (Å²) in [6.45, 7) is 6.52. The standard InChI is InChI=1S/C20H26N4/c1-20(2)14-24(13-15-7-3-6-10-17(15)20)18-11-12-21-19(23-18)22-16-8-4-5-9-16/h3,6-7,10-12,16H,4-5,8-9,13-14H2,1-2H3,(H,21,22,23). The van der Waals surface area contributed by atoms with Gasteiger partial charge in [-0.05, 0) is 30.0 Å². The van der Waals surface area contributed by atoms with Gasteiger partial charge in [-0.1, -0.05) is 51.0 Å². The molecule has 0 unspecified atom stereocenters. The predicted octanol–water partition coefficient (Wildman–Crippen LogP) is 4.13. The van der Waals surface area contributed by atoms with Gasteiger partial charge in [0.1, 0.15) is 5.82 Å². The molecule has 24 heavy (non-hydrogen) atoms. The Bertz CT molecular complexity index is 719. The summed E-state index contributed by atoms with van der Waals surface area (Å²) in [6, 6.07) is 11.3. The normalized spacial score (nSPS) is 20.0. The van der Waals surface area contributed by atoms with Crippen LogP contribution in [0, 0.1) is 0 Å². The number of hydrogen-bond donors (Lipinski definition) is 1. The SMILES string of the molecule is CC1(C)CN(c2ccnc(NC3CCCC3)n2)Cc2ccccc21. The molecule has 0 saturated heterocycles. The van der Waals surface area contributed by atoms with Crippen molar-refractivity contribution in [3.05, 3.63) is 47.7 Å². The summed E-state index contributed by atoms with van der Waals surface area (Å²) >= 11 is 0. The van der Waals surface area contributed by atoms with Crippen LogP contribution in [0.5, 0.6) is 0 Å². The van der Waals surface area contributed by atoms with Gasteiger partial charge in [0.2, 0.25) is 5.95 Å². The molecule has 1 aliphatic heterocycles. The van der Waals surface area contributed by atoms with Crippen LogP contribution in [0.25, 0.3) is 0 Å². The number of anilines is 2. The predicted molar refractivity (Wildman–Crippen MR) is 98.4 cm³/mol. The van der Waals surface area contributed by atoms with E-state index in [1.165, 1.54) is 36.8 Å². The largest absolute Gasteiger partial charge is 0.351 e. The Labute approximate surface area is 144 Å². The highest BCUT2D eigenvalue weighted by molar-refractivity contribution is 5.49. The third kappa shape index (κ3) is 2.97. The van der Waals surface area contributed by atoms with E-state index >= 15 is 0 Å². The summed E-state index contributed by atoms with van der Waals surface area (Å²) in [6.07, 6.45) is 6.98. The van der Waals surface area contributed by atoms with Crippen molar-refractivity contribution in [2.75, 3.05) is 16.8 Å². The summed E-state index contributed by atoms with van der Waals surface area (Å²) in [4.78, 5) is 11.6. The Kier molecular flexibility index (Phi) is 3.91. The number of nitrogens with one attached hydrogen (secondary N) is 1. The maximum absolute atomic E-state index is 4.80. The lowest BCUT2D eigenvalue weighted by Gasteiger charge is -2.40. The first-order valence-corrected chi connectivity index (χ1v) is 9.05. The molecule has 4 heteroatoms. The van der Waals surface area contributed by atoms with Gasteiger partial charge >= 0.3 is 0 Å². The molecule has 1 aliphatic carbocycles. The zero-order valence-electron chi connectivity index (χ0n) is 14.6. The van der Waals surface area contributed by atoms with E-state index in [4.69, 9.17) is 4.98 Å². The maximum Gasteiger partial charge on any atom is 0.224 e. The number of rotatable bonds is 3. The molecule has 0 atom stereocenters. The molecule has 1 saturated carbocycles. The maximum atomic E-state index is 4.80. The molecule has 1 fully saturated rings. The Morgan fingerprint density at radius 1 is 1.12 bits per heavy atom. The summed E-state index contributed by atoms with van der Waals surface area (Å²) in [5.74, 6) is 1.80. The van der Waals surface area contributed by atoms with Crippen molar-refractivity contribution < 1.29 is 0 Å². The second kappa shape index (κ2) is 6.08. The van der Waals surface area contributed by atoms with Crippen LogP contribution in [0.1, 0.15) is 50.7 Å². The Morgan fingerprint density at radius 2 is 1.92 bits per heavy atom. The minimum atomic E-state index is 0.124. The lowest BCUT2D eigenvalue weighted by molar-refractivity contribution is 0.474. The van der Waals surface area contributed by atoms with Crippen LogP contribution < -0.4 is 10.2 Å². The molecule has 2 aliphatic rings. The van der Waals surface area contributed by atoms with Crippen LogP contribution in [0.3, 0.4) is 0 Å². The van der Waals surface area contributed by atoms with E-state index < -0.39 is 0 Å². The fourth-order valence-corrected chi connectivity index (χ4v) is 4.15. The number of fused-ring (bicyclic) bond motifs is 1. The van der Waals surface area contributed by atoms with Gasteiger partial charge in [-0.15, -0.1) is 0 Å². The van der Waals surface area contributed by atoms with Gasteiger partial charge in [0, 0.05) is 30.7 Å². The molecule has 1 aromatic carbocycles. The summed E-state index contributed by atoms with van der Waals surface area (Å²) < 4.78 is 0. The van der Waals surface area contributed by atoms with E-state index in [1.54, 1.807) is 0 Å². The molecule has 126 valence electrons. The van der Waals surface area contributed by atoms with Crippen molar-refractivity contribution >= 4 is 11.8 Å². The van der Waals surface area contributed by atoms with E-state index in [1.807, 2.05) is 12.3 Å². The van der Waals surface area contributed by atoms with E-state index in [2.05, 4.69) is 53.3 Å². The molecule has 4 nitrogen and oxygen atoms in total. The monoisotopic (exact) mass is 322 g/mol. The highest BCUT2D eigenvalue weighted by Crippen LogP contribution is 2.35. The van der Waals surface area contributed by atoms with Crippen molar-refractivity contribution in [2.45, 2.75) is 57.5 Å². The van der Waals surface area contributed by atoms with E-state index in [0.717, 1.165) is 24.9 Å². The van der Waals surface area contributed by atoms with Gasteiger partial charge in [0.25, 0.3) is 0 Å². The average Bonchev–Trinajstić information content (AvgIpc) is 3.07. The number of nitrogens with zero attached hydrogens (tertiary/aromatic N) is 3.